The lowest BCUT2D eigenvalue weighted by molar-refractivity contribution is -0.158. The molecule has 2 atom stereocenters. The third kappa shape index (κ3) is 6.06. The highest BCUT2D eigenvalue weighted by atomic mass is 16.6. The van der Waals surface area contributed by atoms with E-state index in [4.69, 9.17) is 9.47 Å². The van der Waals surface area contributed by atoms with Crippen molar-refractivity contribution in [2.45, 2.75) is 51.7 Å². The third-order valence-electron chi connectivity index (χ3n) is 4.17. The minimum atomic E-state index is -0.839. The van der Waals surface area contributed by atoms with Crippen molar-refractivity contribution in [3.63, 3.8) is 0 Å². The Morgan fingerprint density at radius 3 is 2.56 bits per heavy atom. The number of aliphatic hydroxyl groups excluding tert-OH is 1. The van der Waals surface area contributed by atoms with E-state index in [0.29, 0.717) is 6.42 Å². The monoisotopic (exact) mass is 377 g/mol. The van der Waals surface area contributed by atoms with Crippen LogP contribution in [0.3, 0.4) is 0 Å². The summed E-state index contributed by atoms with van der Waals surface area (Å²) >= 11 is 0. The van der Waals surface area contributed by atoms with Gasteiger partial charge in [-0.25, -0.2) is 9.69 Å². The molecule has 1 aliphatic rings. The zero-order chi connectivity index (χ0) is 20.0. The standard InChI is InChI=1S/C20H27NO6/c1-20(2,3)27-17(23)12-15(9-10-22)18(24)21-16(13-26-19(21)25)11-14-7-5-4-6-8-14/h4-8,15-16,22H,9-13H2,1-3H3/t15?,16-/m0/s1. The van der Waals surface area contributed by atoms with Crippen LogP contribution in [-0.2, 0) is 25.5 Å². The number of imide groups is 1. The smallest absolute Gasteiger partial charge is 0.416 e. The molecule has 7 heteroatoms. The van der Waals surface area contributed by atoms with E-state index in [1.54, 1.807) is 20.8 Å². The molecule has 1 saturated heterocycles. The Morgan fingerprint density at radius 2 is 1.96 bits per heavy atom. The number of carbonyl (C=O) groups is 3. The first-order valence-corrected chi connectivity index (χ1v) is 9.07. The minimum absolute atomic E-state index is 0.0694. The van der Waals surface area contributed by atoms with Crippen LogP contribution >= 0.6 is 0 Å². The molecule has 7 nitrogen and oxygen atoms in total. The van der Waals surface area contributed by atoms with Crippen LogP contribution in [0.5, 0.6) is 0 Å². The molecule has 0 aliphatic carbocycles. The zero-order valence-corrected chi connectivity index (χ0v) is 16.0. The van der Waals surface area contributed by atoms with Gasteiger partial charge in [-0.15, -0.1) is 0 Å². The number of hydrogen-bond donors (Lipinski definition) is 1. The van der Waals surface area contributed by atoms with Gasteiger partial charge in [0, 0.05) is 6.61 Å². The molecule has 2 amide bonds. The average molecular weight is 377 g/mol. The number of rotatable bonds is 7. The van der Waals surface area contributed by atoms with Crippen molar-refractivity contribution < 1.29 is 29.0 Å². The number of nitrogens with zero attached hydrogens (tertiary/aromatic N) is 1. The molecule has 2 rings (SSSR count). The predicted molar refractivity (Wildman–Crippen MR) is 97.8 cm³/mol. The van der Waals surface area contributed by atoms with Crippen LogP contribution in [0.15, 0.2) is 30.3 Å². The Kier molecular flexibility index (Phi) is 6.96. The summed E-state index contributed by atoms with van der Waals surface area (Å²) in [7, 11) is 0. The molecule has 1 fully saturated rings. The van der Waals surface area contributed by atoms with Gasteiger partial charge >= 0.3 is 12.1 Å². The lowest BCUT2D eigenvalue weighted by Crippen LogP contribution is -2.44. The third-order valence-corrected chi connectivity index (χ3v) is 4.17. The molecule has 1 N–H and O–H groups in total. The van der Waals surface area contributed by atoms with Gasteiger partial charge < -0.3 is 14.6 Å². The van der Waals surface area contributed by atoms with E-state index < -0.39 is 35.5 Å². The van der Waals surface area contributed by atoms with Gasteiger partial charge in [-0.3, -0.25) is 9.59 Å². The SMILES string of the molecule is CC(C)(C)OC(=O)CC(CCO)C(=O)N1C(=O)OC[C@@H]1Cc1ccccc1. The first kappa shape index (κ1) is 20.9. The highest BCUT2D eigenvalue weighted by Crippen LogP contribution is 2.23. The molecule has 0 bridgehead atoms. The molecule has 1 unspecified atom stereocenters. The van der Waals surface area contributed by atoms with Crippen LogP contribution in [0.25, 0.3) is 0 Å². The molecule has 148 valence electrons. The molecular formula is C20H27NO6. The van der Waals surface area contributed by atoms with Gasteiger partial charge in [0.15, 0.2) is 0 Å². The number of hydrogen-bond acceptors (Lipinski definition) is 6. The summed E-state index contributed by atoms with van der Waals surface area (Å²) in [6.07, 6.45) is -0.372. The van der Waals surface area contributed by atoms with E-state index in [1.165, 1.54) is 0 Å². The molecule has 27 heavy (non-hydrogen) atoms. The molecule has 1 aromatic carbocycles. The summed E-state index contributed by atoms with van der Waals surface area (Å²) in [6, 6.07) is 9.05. The maximum absolute atomic E-state index is 13.0. The Morgan fingerprint density at radius 1 is 1.30 bits per heavy atom. The normalized spacial score (nSPS) is 18.1. The van der Waals surface area contributed by atoms with Gasteiger partial charge in [0.25, 0.3) is 0 Å². The fourth-order valence-corrected chi connectivity index (χ4v) is 3.02. The van der Waals surface area contributed by atoms with Gasteiger partial charge in [-0.2, -0.15) is 0 Å². The average Bonchev–Trinajstić information content (AvgIpc) is 2.93. The number of benzene rings is 1. The second-order valence-electron chi connectivity index (χ2n) is 7.63. The van der Waals surface area contributed by atoms with Crippen molar-refractivity contribution in [3.8, 4) is 0 Å². The first-order valence-electron chi connectivity index (χ1n) is 9.07. The quantitative estimate of drug-likeness (QED) is 0.733. The molecule has 1 aromatic rings. The molecule has 0 saturated carbocycles. The van der Waals surface area contributed by atoms with E-state index in [0.717, 1.165) is 10.5 Å². The fraction of sp³-hybridized carbons (Fsp3) is 0.550. The van der Waals surface area contributed by atoms with Gasteiger partial charge in [0.2, 0.25) is 5.91 Å². The van der Waals surface area contributed by atoms with Crippen molar-refractivity contribution in [1.29, 1.82) is 0 Å². The Balaban J connectivity index is 2.11. The zero-order valence-electron chi connectivity index (χ0n) is 16.0. The maximum atomic E-state index is 13.0. The van der Waals surface area contributed by atoms with Crippen LogP contribution < -0.4 is 0 Å². The lowest BCUT2D eigenvalue weighted by Gasteiger charge is -2.26. The predicted octanol–water partition coefficient (Wildman–Crippen LogP) is 2.31. The molecule has 0 aromatic heterocycles. The molecule has 0 spiro atoms. The lowest BCUT2D eigenvalue weighted by atomic mass is 9.98. The summed E-state index contributed by atoms with van der Waals surface area (Å²) in [5.74, 6) is -1.89. The number of aliphatic hydroxyl groups is 1. The van der Waals surface area contributed by atoms with Crippen molar-refractivity contribution >= 4 is 18.0 Å². The van der Waals surface area contributed by atoms with Gasteiger partial charge in [-0.05, 0) is 39.2 Å². The maximum Gasteiger partial charge on any atom is 0.416 e. The van der Waals surface area contributed by atoms with Gasteiger partial charge in [-0.1, -0.05) is 30.3 Å². The van der Waals surface area contributed by atoms with Gasteiger partial charge in [0.1, 0.15) is 12.2 Å². The Labute approximate surface area is 159 Å². The van der Waals surface area contributed by atoms with Crippen LogP contribution in [0.4, 0.5) is 4.79 Å². The fourth-order valence-electron chi connectivity index (χ4n) is 3.02. The highest BCUT2D eigenvalue weighted by Gasteiger charge is 2.41. The van der Waals surface area contributed by atoms with Crippen molar-refractivity contribution in [2.24, 2.45) is 5.92 Å². The van der Waals surface area contributed by atoms with E-state index in [-0.39, 0.29) is 26.1 Å². The van der Waals surface area contributed by atoms with E-state index in [9.17, 15) is 19.5 Å². The summed E-state index contributed by atoms with van der Waals surface area (Å²) in [5, 5.41) is 9.30. The molecular weight excluding hydrogens is 350 g/mol. The summed E-state index contributed by atoms with van der Waals surface area (Å²) in [4.78, 5) is 38.3. The van der Waals surface area contributed by atoms with E-state index >= 15 is 0 Å². The number of amides is 2. The van der Waals surface area contributed by atoms with Crippen LogP contribution in [0.1, 0.15) is 39.2 Å². The van der Waals surface area contributed by atoms with E-state index in [2.05, 4.69) is 0 Å². The second-order valence-corrected chi connectivity index (χ2v) is 7.63. The first-order chi connectivity index (χ1) is 12.7. The number of cyclic esters (lactones) is 1. The topological polar surface area (TPSA) is 93.1 Å². The van der Waals surface area contributed by atoms with Crippen molar-refractivity contribution in [3.05, 3.63) is 35.9 Å². The van der Waals surface area contributed by atoms with Crippen LogP contribution in [0.2, 0.25) is 0 Å². The van der Waals surface area contributed by atoms with E-state index in [1.807, 2.05) is 30.3 Å². The largest absolute Gasteiger partial charge is 0.460 e. The molecule has 0 radical (unpaired) electrons. The molecule has 1 heterocycles. The van der Waals surface area contributed by atoms with Crippen LogP contribution in [0, 0.1) is 5.92 Å². The summed E-state index contributed by atoms with van der Waals surface area (Å²) in [6.45, 7) is 5.05. The second kappa shape index (κ2) is 8.99. The van der Waals surface area contributed by atoms with Crippen LogP contribution in [-0.4, -0.2) is 52.8 Å². The Bertz CT molecular complexity index is 667. The minimum Gasteiger partial charge on any atom is -0.460 e. The highest BCUT2D eigenvalue weighted by molar-refractivity contribution is 5.96. The Hall–Kier alpha value is -2.41. The summed E-state index contributed by atoms with van der Waals surface area (Å²) in [5.41, 5.74) is 0.302. The number of carbonyl (C=O) groups excluding carboxylic acids is 3. The summed E-state index contributed by atoms with van der Waals surface area (Å²) < 4.78 is 10.3. The van der Waals surface area contributed by atoms with Gasteiger partial charge in [0.05, 0.1) is 18.4 Å². The molecule has 1 aliphatic heterocycles. The van der Waals surface area contributed by atoms with Crippen molar-refractivity contribution in [1.82, 2.24) is 4.90 Å². The number of ether oxygens (including phenoxy) is 2. The number of esters is 1. The van der Waals surface area contributed by atoms with Crippen molar-refractivity contribution in [2.75, 3.05) is 13.2 Å².